The van der Waals surface area contributed by atoms with Crippen LogP contribution in [-0.4, -0.2) is 35.6 Å². The van der Waals surface area contributed by atoms with Gasteiger partial charge in [-0.3, -0.25) is 9.88 Å². The summed E-state index contributed by atoms with van der Waals surface area (Å²) in [7, 11) is 0. The van der Waals surface area contributed by atoms with Crippen LogP contribution in [-0.2, 0) is 6.54 Å². The molecule has 3 heteroatoms. The second-order valence-corrected chi connectivity index (χ2v) is 4.36. The van der Waals surface area contributed by atoms with Crippen molar-refractivity contribution in [3.8, 4) is 0 Å². The van der Waals surface area contributed by atoms with Gasteiger partial charge in [-0.15, -0.1) is 0 Å². The monoisotopic (exact) mass is 205 g/mol. The SMILES string of the molecule is Cc1cccc(CN2CCNC(C)C2)n1. The van der Waals surface area contributed by atoms with E-state index in [4.69, 9.17) is 0 Å². The number of hydrogen-bond acceptors (Lipinski definition) is 3. The minimum absolute atomic E-state index is 0.601. The number of nitrogens with one attached hydrogen (secondary N) is 1. The predicted octanol–water partition coefficient (Wildman–Crippen LogP) is 1.18. The van der Waals surface area contributed by atoms with Gasteiger partial charge in [-0.25, -0.2) is 0 Å². The fourth-order valence-electron chi connectivity index (χ4n) is 2.07. The molecule has 0 spiro atoms. The summed E-state index contributed by atoms with van der Waals surface area (Å²) in [5.41, 5.74) is 2.29. The summed E-state index contributed by atoms with van der Waals surface area (Å²) in [5, 5.41) is 3.45. The molecule has 0 bridgehead atoms. The first kappa shape index (κ1) is 10.6. The zero-order valence-electron chi connectivity index (χ0n) is 9.53. The molecule has 0 amide bonds. The normalized spacial score (nSPS) is 22.9. The fraction of sp³-hybridized carbons (Fsp3) is 0.583. The van der Waals surface area contributed by atoms with Crippen LogP contribution in [0, 0.1) is 6.92 Å². The molecule has 1 atom stereocenters. The average Bonchev–Trinajstić information content (AvgIpc) is 2.17. The van der Waals surface area contributed by atoms with Crippen LogP contribution in [0.25, 0.3) is 0 Å². The van der Waals surface area contributed by atoms with E-state index in [0.717, 1.165) is 31.9 Å². The van der Waals surface area contributed by atoms with E-state index in [1.54, 1.807) is 0 Å². The highest BCUT2D eigenvalue weighted by Gasteiger charge is 2.15. The number of aromatic nitrogens is 1. The van der Waals surface area contributed by atoms with Gasteiger partial charge in [0.1, 0.15) is 0 Å². The van der Waals surface area contributed by atoms with Crippen LogP contribution >= 0.6 is 0 Å². The Morgan fingerprint density at radius 2 is 2.40 bits per heavy atom. The van der Waals surface area contributed by atoms with E-state index in [0.29, 0.717) is 6.04 Å². The number of rotatable bonds is 2. The van der Waals surface area contributed by atoms with E-state index >= 15 is 0 Å². The maximum absolute atomic E-state index is 4.53. The minimum atomic E-state index is 0.601. The Bertz CT molecular complexity index is 324. The Hall–Kier alpha value is -0.930. The third-order valence-corrected chi connectivity index (χ3v) is 2.78. The van der Waals surface area contributed by atoms with Crippen LogP contribution in [0.2, 0.25) is 0 Å². The molecule has 1 unspecified atom stereocenters. The molecule has 1 aliphatic rings. The molecular weight excluding hydrogens is 186 g/mol. The Balaban J connectivity index is 1.96. The maximum Gasteiger partial charge on any atom is 0.0547 e. The van der Waals surface area contributed by atoms with Crippen molar-refractivity contribution in [2.45, 2.75) is 26.4 Å². The topological polar surface area (TPSA) is 28.2 Å². The second kappa shape index (κ2) is 4.73. The van der Waals surface area contributed by atoms with Crippen molar-refractivity contribution in [3.05, 3.63) is 29.6 Å². The molecule has 0 aliphatic carbocycles. The van der Waals surface area contributed by atoms with Gasteiger partial charge in [-0.1, -0.05) is 6.07 Å². The lowest BCUT2D eigenvalue weighted by atomic mass is 10.2. The van der Waals surface area contributed by atoms with E-state index in [1.807, 2.05) is 13.0 Å². The highest BCUT2D eigenvalue weighted by Crippen LogP contribution is 2.06. The molecule has 1 aromatic rings. The summed E-state index contributed by atoms with van der Waals surface area (Å²) < 4.78 is 0. The Labute approximate surface area is 91.5 Å². The molecule has 2 heterocycles. The first-order chi connectivity index (χ1) is 7.24. The van der Waals surface area contributed by atoms with Crippen molar-refractivity contribution in [1.29, 1.82) is 0 Å². The smallest absolute Gasteiger partial charge is 0.0547 e. The lowest BCUT2D eigenvalue weighted by Crippen LogP contribution is -2.48. The number of hydrogen-bond donors (Lipinski definition) is 1. The van der Waals surface area contributed by atoms with Crippen LogP contribution in [0.4, 0.5) is 0 Å². The van der Waals surface area contributed by atoms with Crippen molar-refractivity contribution in [2.24, 2.45) is 0 Å². The van der Waals surface area contributed by atoms with Crippen LogP contribution in [0.1, 0.15) is 18.3 Å². The second-order valence-electron chi connectivity index (χ2n) is 4.36. The van der Waals surface area contributed by atoms with Crippen molar-refractivity contribution in [1.82, 2.24) is 15.2 Å². The van der Waals surface area contributed by atoms with Crippen molar-refractivity contribution in [2.75, 3.05) is 19.6 Å². The zero-order valence-corrected chi connectivity index (χ0v) is 9.53. The van der Waals surface area contributed by atoms with Crippen molar-refractivity contribution in [3.63, 3.8) is 0 Å². The molecule has 1 aromatic heterocycles. The number of piperazine rings is 1. The highest BCUT2D eigenvalue weighted by molar-refractivity contribution is 5.09. The van der Waals surface area contributed by atoms with Gasteiger partial charge in [0.15, 0.2) is 0 Å². The fourth-order valence-corrected chi connectivity index (χ4v) is 2.07. The maximum atomic E-state index is 4.53. The molecule has 2 rings (SSSR count). The van der Waals surface area contributed by atoms with Crippen LogP contribution in [0.3, 0.4) is 0 Å². The summed E-state index contributed by atoms with van der Waals surface area (Å²) >= 11 is 0. The molecule has 82 valence electrons. The van der Waals surface area contributed by atoms with E-state index < -0.39 is 0 Å². The van der Waals surface area contributed by atoms with Crippen LogP contribution in [0.15, 0.2) is 18.2 Å². The largest absolute Gasteiger partial charge is 0.312 e. The van der Waals surface area contributed by atoms with Gasteiger partial charge in [-0.2, -0.15) is 0 Å². The van der Waals surface area contributed by atoms with E-state index in [9.17, 15) is 0 Å². The van der Waals surface area contributed by atoms with E-state index in [-0.39, 0.29) is 0 Å². The van der Waals surface area contributed by atoms with Gasteiger partial charge in [0.25, 0.3) is 0 Å². The standard InChI is InChI=1S/C12H19N3/c1-10-4-3-5-12(14-10)9-15-7-6-13-11(2)8-15/h3-5,11,13H,6-9H2,1-2H3. The first-order valence-electron chi connectivity index (χ1n) is 5.62. The molecule has 1 aliphatic heterocycles. The number of pyridine rings is 1. The van der Waals surface area contributed by atoms with Gasteiger partial charge in [0.05, 0.1) is 5.69 Å². The molecule has 1 fully saturated rings. The van der Waals surface area contributed by atoms with Crippen molar-refractivity contribution >= 4 is 0 Å². The third kappa shape index (κ3) is 3.01. The van der Waals surface area contributed by atoms with Gasteiger partial charge < -0.3 is 5.32 Å². The number of nitrogens with zero attached hydrogens (tertiary/aromatic N) is 2. The van der Waals surface area contributed by atoms with E-state index in [2.05, 4.69) is 34.3 Å². The molecule has 0 saturated carbocycles. The Morgan fingerprint density at radius 1 is 1.53 bits per heavy atom. The molecule has 0 aromatic carbocycles. The van der Waals surface area contributed by atoms with Crippen LogP contribution < -0.4 is 5.32 Å². The van der Waals surface area contributed by atoms with Gasteiger partial charge in [-0.05, 0) is 26.0 Å². The van der Waals surface area contributed by atoms with Gasteiger partial charge in [0.2, 0.25) is 0 Å². The molecule has 1 saturated heterocycles. The molecule has 15 heavy (non-hydrogen) atoms. The summed E-state index contributed by atoms with van der Waals surface area (Å²) in [4.78, 5) is 6.99. The third-order valence-electron chi connectivity index (χ3n) is 2.78. The Kier molecular flexibility index (Phi) is 3.34. The van der Waals surface area contributed by atoms with E-state index in [1.165, 1.54) is 5.69 Å². The molecule has 0 radical (unpaired) electrons. The lowest BCUT2D eigenvalue weighted by Gasteiger charge is -2.31. The summed E-state index contributed by atoms with van der Waals surface area (Å²) in [6, 6.07) is 6.84. The van der Waals surface area contributed by atoms with Gasteiger partial charge >= 0.3 is 0 Å². The summed E-state index contributed by atoms with van der Waals surface area (Å²) in [6.07, 6.45) is 0. The summed E-state index contributed by atoms with van der Waals surface area (Å²) in [6.45, 7) is 8.59. The van der Waals surface area contributed by atoms with Crippen molar-refractivity contribution < 1.29 is 0 Å². The lowest BCUT2D eigenvalue weighted by molar-refractivity contribution is 0.197. The number of aryl methyl sites for hydroxylation is 1. The first-order valence-corrected chi connectivity index (χ1v) is 5.62. The summed E-state index contributed by atoms with van der Waals surface area (Å²) in [5.74, 6) is 0. The molecule has 3 nitrogen and oxygen atoms in total. The predicted molar refractivity (Wildman–Crippen MR) is 61.7 cm³/mol. The quantitative estimate of drug-likeness (QED) is 0.786. The molecular formula is C12H19N3. The van der Waals surface area contributed by atoms with Crippen LogP contribution in [0.5, 0.6) is 0 Å². The average molecular weight is 205 g/mol. The minimum Gasteiger partial charge on any atom is -0.312 e. The Morgan fingerprint density at radius 3 is 3.13 bits per heavy atom. The highest BCUT2D eigenvalue weighted by atomic mass is 15.2. The molecule has 1 N–H and O–H groups in total. The van der Waals surface area contributed by atoms with Gasteiger partial charge in [0, 0.05) is 37.9 Å². The zero-order chi connectivity index (χ0) is 10.7.